The highest BCUT2D eigenvalue weighted by Gasteiger charge is 2.17. The quantitative estimate of drug-likeness (QED) is 0.193. The standard InChI is InChI=1S/C43H25NO2/c45-43-36-13-2-4-17-40(36)46-41-25-31(19-21-37(41)43)29-11-6-9-27(23-29)26-8-5-10-28(22-26)30-18-20-33-35-15-7-14-34-32-12-1-3-16-38(32)44(42(34)35)39(33)24-30/h1-25H. The summed E-state index contributed by atoms with van der Waals surface area (Å²) < 4.78 is 8.59. The van der Waals surface area contributed by atoms with Crippen LogP contribution < -0.4 is 5.43 Å². The molecule has 0 unspecified atom stereocenters. The molecular weight excluding hydrogens is 562 g/mol. The van der Waals surface area contributed by atoms with Gasteiger partial charge in [-0.1, -0.05) is 103 Å². The lowest BCUT2D eigenvalue weighted by Gasteiger charge is -2.10. The number of nitrogens with zero attached hydrogens (tertiary/aromatic N) is 1. The maximum atomic E-state index is 13.1. The van der Waals surface area contributed by atoms with Crippen LogP contribution in [0.3, 0.4) is 0 Å². The summed E-state index contributed by atoms with van der Waals surface area (Å²) in [5.74, 6) is 0. The van der Waals surface area contributed by atoms with Gasteiger partial charge in [-0.3, -0.25) is 4.79 Å². The Morgan fingerprint density at radius 1 is 0.370 bits per heavy atom. The Hall–Kier alpha value is -6.19. The molecule has 0 amide bonds. The molecule has 3 nitrogen and oxygen atoms in total. The molecule has 3 heterocycles. The van der Waals surface area contributed by atoms with Gasteiger partial charge in [-0.15, -0.1) is 0 Å². The van der Waals surface area contributed by atoms with Gasteiger partial charge in [0, 0.05) is 21.5 Å². The first-order chi connectivity index (χ1) is 22.7. The van der Waals surface area contributed by atoms with Crippen molar-refractivity contribution >= 4 is 60.0 Å². The monoisotopic (exact) mass is 587 g/mol. The van der Waals surface area contributed by atoms with Crippen LogP contribution in [0.1, 0.15) is 0 Å². The molecule has 214 valence electrons. The molecule has 0 spiro atoms. The van der Waals surface area contributed by atoms with E-state index in [1.807, 2.05) is 42.5 Å². The highest BCUT2D eigenvalue weighted by Crippen LogP contribution is 2.40. The average Bonchev–Trinajstić information content (AvgIpc) is 3.64. The fourth-order valence-corrected chi connectivity index (χ4v) is 7.35. The lowest BCUT2D eigenvalue weighted by atomic mass is 9.95. The van der Waals surface area contributed by atoms with E-state index < -0.39 is 0 Å². The third-order valence-electron chi connectivity index (χ3n) is 9.53. The molecule has 0 saturated carbocycles. The van der Waals surface area contributed by atoms with E-state index in [2.05, 4.69) is 114 Å². The number of fused-ring (bicyclic) bond motifs is 8. The van der Waals surface area contributed by atoms with Gasteiger partial charge in [0.2, 0.25) is 5.43 Å². The van der Waals surface area contributed by atoms with Crippen LogP contribution in [0.2, 0.25) is 0 Å². The summed E-state index contributed by atoms with van der Waals surface area (Å²) in [6.07, 6.45) is 0. The minimum absolute atomic E-state index is 0.00113. The summed E-state index contributed by atoms with van der Waals surface area (Å²) >= 11 is 0. The first-order valence-electron chi connectivity index (χ1n) is 15.6. The second kappa shape index (κ2) is 9.40. The van der Waals surface area contributed by atoms with E-state index in [1.54, 1.807) is 0 Å². The molecule has 0 saturated heterocycles. The van der Waals surface area contributed by atoms with Gasteiger partial charge in [0.25, 0.3) is 0 Å². The summed E-state index contributed by atoms with van der Waals surface area (Å²) in [5, 5.41) is 6.36. The average molecular weight is 588 g/mol. The van der Waals surface area contributed by atoms with Crippen molar-refractivity contribution in [3.63, 3.8) is 0 Å². The first-order valence-corrected chi connectivity index (χ1v) is 15.6. The Kier molecular flexibility index (Phi) is 5.15. The first kappa shape index (κ1) is 25.2. The Bertz CT molecular complexity index is 2890. The summed E-state index contributed by atoms with van der Waals surface area (Å²) in [4.78, 5) is 13.1. The van der Waals surface area contributed by atoms with Crippen molar-refractivity contribution in [2.75, 3.05) is 0 Å². The third kappa shape index (κ3) is 3.57. The third-order valence-corrected chi connectivity index (χ3v) is 9.53. The predicted octanol–water partition coefficient (Wildman–Crippen LogP) is 11.1. The van der Waals surface area contributed by atoms with Crippen LogP contribution in [0.15, 0.2) is 161 Å². The van der Waals surface area contributed by atoms with E-state index >= 15 is 0 Å². The zero-order chi connectivity index (χ0) is 30.4. The van der Waals surface area contributed by atoms with Gasteiger partial charge in [0.15, 0.2) is 0 Å². The number of para-hydroxylation sites is 3. The molecular formula is C43H25NO2. The summed E-state index contributed by atoms with van der Waals surface area (Å²) in [6, 6.07) is 52.8. The second-order valence-corrected chi connectivity index (χ2v) is 12.1. The Balaban J connectivity index is 1.08. The molecule has 10 aromatic rings. The Labute approximate surface area is 263 Å². The van der Waals surface area contributed by atoms with Gasteiger partial charge >= 0.3 is 0 Å². The Morgan fingerprint density at radius 3 is 1.59 bits per heavy atom. The molecule has 0 aliphatic carbocycles. The van der Waals surface area contributed by atoms with Gasteiger partial charge in [0.05, 0.1) is 27.3 Å². The molecule has 7 aromatic carbocycles. The molecule has 10 rings (SSSR count). The molecule has 0 aliphatic heterocycles. The summed E-state index contributed by atoms with van der Waals surface area (Å²) in [5.41, 5.74) is 11.7. The smallest absolute Gasteiger partial charge is 0.200 e. The van der Waals surface area contributed by atoms with Gasteiger partial charge in [-0.25, -0.2) is 0 Å². The lowest BCUT2D eigenvalue weighted by molar-refractivity contribution is 0.660. The van der Waals surface area contributed by atoms with Crippen molar-refractivity contribution in [3.8, 4) is 33.4 Å². The number of rotatable bonds is 3. The van der Waals surface area contributed by atoms with Crippen LogP contribution in [0.5, 0.6) is 0 Å². The van der Waals surface area contributed by atoms with E-state index in [1.165, 1.54) is 49.2 Å². The normalized spacial score (nSPS) is 12.0. The molecule has 46 heavy (non-hydrogen) atoms. The van der Waals surface area contributed by atoms with Crippen molar-refractivity contribution in [2.24, 2.45) is 0 Å². The van der Waals surface area contributed by atoms with Gasteiger partial charge in [-0.05, 0) is 81.9 Å². The number of benzene rings is 7. The van der Waals surface area contributed by atoms with Crippen molar-refractivity contribution in [2.45, 2.75) is 0 Å². The van der Waals surface area contributed by atoms with Gasteiger partial charge in [0.1, 0.15) is 11.2 Å². The second-order valence-electron chi connectivity index (χ2n) is 12.1. The van der Waals surface area contributed by atoms with E-state index in [-0.39, 0.29) is 5.43 Å². The molecule has 0 aliphatic rings. The minimum Gasteiger partial charge on any atom is -0.456 e. The molecule has 3 aromatic heterocycles. The van der Waals surface area contributed by atoms with Crippen molar-refractivity contribution < 1.29 is 4.42 Å². The van der Waals surface area contributed by atoms with Crippen molar-refractivity contribution in [1.29, 1.82) is 0 Å². The number of hydrogen-bond acceptors (Lipinski definition) is 2. The predicted molar refractivity (Wildman–Crippen MR) is 191 cm³/mol. The van der Waals surface area contributed by atoms with Crippen LogP contribution in [0.4, 0.5) is 0 Å². The van der Waals surface area contributed by atoms with E-state index in [0.717, 1.165) is 22.3 Å². The van der Waals surface area contributed by atoms with Gasteiger partial charge < -0.3 is 8.82 Å². The van der Waals surface area contributed by atoms with E-state index in [0.29, 0.717) is 21.9 Å². The number of aromatic nitrogens is 1. The van der Waals surface area contributed by atoms with E-state index in [4.69, 9.17) is 4.42 Å². The molecule has 0 atom stereocenters. The minimum atomic E-state index is -0.00113. The maximum Gasteiger partial charge on any atom is 0.200 e. The highest BCUT2D eigenvalue weighted by atomic mass is 16.3. The van der Waals surface area contributed by atoms with Crippen LogP contribution in [-0.2, 0) is 0 Å². The maximum absolute atomic E-state index is 13.1. The van der Waals surface area contributed by atoms with Crippen LogP contribution in [-0.4, -0.2) is 4.40 Å². The van der Waals surface area contributed by atoms with Crippen molar-refractivity contribution in [1.82, 2.24) is 4.40 Å². The SMILES string of the molecule is O=c1c2ccccc2oc2cc(-c3cccc(-c4cccc(-c5ccc6c7cccc8c9ccccc9n(c6c5)c87)c4)c3)ccc12. The van der Waals surface area contributed by atoms with Crippen LogP contribution in [0.25, 0.3) is 93.4 Å². The topological polar surface area (TPSA) is 34.6 Å². The van der Waals surface area contributed by atoms with Gasteiger partial charge in [-0.2, -0.15) is 0 Å². The highest BCUT2D eigenvalue weighted by molar-refractivity contribution is 6.23. The molecule has 3 heteroatoms. The fourth-order valence-electron chi connectivity index (χ4n) is 7.35. The molecule has 0 fully saturated rings. The Morgan fingerprint density at radius 2 is 0.870 bits per heavy atom. The zero-order valence-corrected chi connectivity index (χ0v) is 24.7. The largest absolute Gasteiger partial charge is 0.456 e. The molecule has 0 bridgehead atoms. The van der Waals surface area contributed by atoms with Crippen molar-refractivity contribution in [3.05, 3.63) is 162 Å². The van der Waals surface area contributed by atoms with Crippen LogP contribution >= 0.6 is 0 Å². The molecule has 0 N–H and O–H groups in total. The lowest BCUT2D eigenvalue weighted by Crippen LogP contribution is -2.01. The number of hydrogen-bond donors (Lipinski definition) is 0. The zero-order valence-electron chi connectivity index (χ0n) is 24.7. The fraction of sp³-hybridized carbons (Fsp3) is 0. The van der Waals surface area contributed by atoms with Crippen LogP contribution in [0, 0.1) is 0 Å². The molecule has 0 radical (unpaired) electrons. The summed E-state index contributed by atoms with van der Waals surface area (Å²) in [7, 11) is 0. The van der Waals surface area contributed by atoms with E-state index in [9.17, 15) is 4.79 Å². The summed E-state index contributed by atoms with van der Waals surface area (Å²) in [6.45, 7) is 0.